The number of rotatable bonds is 4. The number of Topliss-reactive ketones (excluding diaryl/α,β-unsaturated/α-hetero) is 1. The summed E-state index contributed by atoms with van der Waals surface area (Å²) in [4.78, 5) is 25.1. The van der Waals surface area contributed by atoms with Crippen molar-refractivity contribution in [2.75, 3.05) is 0 Å². The summed E-state index contributed by atoms with van der Waals surface area (Å²) in [6, 6.07) is 16.5. The second kappa shape index (κ2) is 7.95. The molecule has 150 valence electrons. The van der Waals surface area contributed by atoms with Crippen molar-refractivity contribution in [2.24, 2.45) is 0 Å². The van der Waals surface area contributed by atoms with Gasteiger partial charge in [-0.05, 0) is 54.8 Å². The summed E-state index contributed by atoms with van der Waals surface area (Å²) in [6.45, 7) is 3.77. The van der Waals surface area contributed by atoms with Gasteiger partial charge in [-0.15, -0.1) is 0 Å². The summed E-state index contributed by atoms with van der Waals surface area (Å²) in [5, 5.41) is 0. The SMILES string of the molecule is CCc1ccc(/C=C2\Oc3c(ccc(OC(=O)c4ccccc4F)c3C)C2=O)cc1. The Balaban J connectivity index is 1.60. The lowest BCUT2D eigenvalue weighted by Gasteiger charge is -2.10. The van der Waals surface area contributed by atoms with E-state index in [1.165, 1.54) is 29.8 Å². The number of carbonyl (C=O) groups excluding carboxylic acids is 2. The van der Waals surface area contributed by atoms with Crippen LogP contribution in [0.5, 0.6) is 11.5 Å². The number of hydrogen-bond acceptors (Lipinski definition) is 4. The third-order valence-electron chi connectivity index (χ3n) is 5.02. The fourth-order valence-corrected chi connectivity index (χ4v) is 3.26. The molecule has 0 bridgehead atoms. The van der Waals surface area contributed by atoms with Gasteiger partial charge < -0.3 is 9.47 Å². The van der Waals surface area contributed by atoms with Crippen LogP contribution in [0.2, 0.25) is 0 Å². The van der Waals surface area contributed by atoms with Crippen molar-refractivity contribution in [3.63, 3.8) is 0 Å². The number of esters is 1. The second-order valence-corrected chi connectivity index (χ2v) is 6.97. The van der Waals surface area contributed by atoms with E-state index in [9.17, 15) is 14.0 Å². The number of halogens is 1. The Morgan fingerprint density at radius 1 is 1.07 bits per heavy atom. The third kappa shape index (κ3) is 3.62. The Bertz CT molecular complexity index is 1180. The minimum absolute atomic E-state index is 0.162. The first kappa shape index (κ1) is 19.6. The maximum absolute atomic E-state index is 13.8. The molecule has 1 aliphatic rings. The predicted molar refractivity (Wildman–Crippen MR) is 111 cm³/mol. The molecular weight excluding hydrogens is 383 g/mol. The topological polar surface area (TPSA) is 52.6 Å². The number of allylic oxidation sites excluding steroid dienone is 1. The molecule has 1 aliphatic heterocycles. The quantitative estimate of drug-likeness (QED) is 0.327. The van der Waals surface area contributed by atoms with Gasteiger partial charge in [0.1, 0.15) is 17.3 Å². The zero-order valence-corrected chi connectivity index (χ0v) is 16.6. The molecule has 0 aromatic heterocycles. The maximum Gasteiger partial charge on any atom is 0.346 e. The van der Waals surface area contributed by atoms with E-state index in [0.29, 0.717) is 16.9 Å². The number of aryl methyl sites for hydroxylation is 1. The maximum atomic E-state index is 13.8. The second-order valence-electron chi connectivity index (χ2n) is 6.97. The van der Waals surface area contributed by atoms with Gasteiger partial charge in [0, 0.05) is 5.56 Å². The molecule has 0 aliphatic carbocycles. The van der Waals surface area contributed by atoms with Crippen molar-refractivity contribution in [3.8, 4) is 11.5 Å². The molecule has 4 rings (SSSR count). The molecule has 0 saturated heterocycles. The van der Waals surface area contributed by atoms with Gasteiger partial charge in [0.05, 0.1) is 11.1 Å². The molecule has 4 nitrogen and oxygen atoms in total. The standard InChI is InChI=1S/C25H19FO4/c1-3-16-8-10-17(11-9-16)14-22-23(27)19-12-13-21(15(2)24(19)29-22)30-25(28)18-6-4-5-7-20(18)26/h4-14H,3H2,1-2H3/b22-14-. The summed E-state index contributed by atoms with van der Waals surface area (Å²) in [5.41, 5.74) is 2.79. The van der Waals surface area contributed by atoms with Crippen LogP contribution < -0.4 is 9.47 Å². The molecular formula is C25H19FO4. The largest absolute Gasteiger partial charge is 0.452 e. The Morgan fingerprint density at radius 2 is 1.80 bits per heavy atom. The van der Waals surface area contributed by atoms with E-state index in [4.69, 9.17) is 9.47 Å². The molecule has 1 heterocycles. The number of hydrogen-bond donors (Lipinski definition) is 0. The fourth-order valence-electron chi connectivity index (χ4n) is 3.26. The highest BCUT2D eigenvalue weighted by molar-refractivity contribution is 6.15. The van der Waals surface area contributed by atoms with Gasteiger partial charge in [0.2, 0.25) is 5.78 Å². The summed E-state index contributed by atoms with van der Waals surface area (Å²) < 4.78 is 25.0. The van der Waals surface area contributed by atoms with Crippen molar-refractivity contribution < 1.29 is 23.5 Å². The average molecular weight is 402 g/mol. The van der Waals surface area contributed by atoms with Crippen LogP contribution in [-0.2, 0) is 6.42 Å². The van der Waals surface area contributed by atoms with Crippen molar-refractivity contribution in [2.45, 2.75) is 20.3 Å². The number of carbonyl (C=O) groups is 2. The molecule has 5 heteroatoms. The van der Waals surface area contributed by atoms with Crippen molar-refractivity contribution >= 4 is 17.8 Å². The highest BCUT2D eigenvalue weighted by atomic mass is 19.1. The smallest absolute Gasteiger partial charge is 0.346 e. The number of ether oxygens (including phenoxy) is 2. The first-order valence-electron chi connectivity index (χ1n) is 9.61. The van der Waals surface area contributed by atoms with Gasteiger partial charge in [-0.25, -0.2) is 9.18 Å². The zero-order valence-electron chi connectivity index (χ0n) is 16.6. The molecule has 3 aromatic carbocycles. The molecule has 0 N–H and O–H groups in total. The molecule has 0 amide bonds. The number of fused-ring (bicyclic) bond motifs is 1. The monoisotopic (exact) mass is 402 g/mol. The Hall–Kier alpha value is -3.73. The average Bonchev–Trinajstić information content (AvgIpc) is 3.07. The van der Waals surface area contributed by atoms with Gasteiger partial charge in [0.25, 0.3) is 0 Å². The van der Waals surface area contributed by atoms with E-state index in [0.717, 1.165) is 12.0 Å². The Labute approximate surface area is 173 Å². The summed E-state index contributed by atoms with van der Waals surface area (Å²) in [6.07, 6.45) is 2.62. The van der Waals surface area contributed by atoms with Crippen LogP contribution in [0.3, 0.4) is 0 Å². The molecule has 0 atom stereocenters. The van der Waals surface area contributed by atoms with E-state index >= 15 is 0 Å². The summed E-state index contributed by atoms with van der Waals surface area (Å²) >= 11 is 0. The van der Waals surface area contributed by atoms with Crippen LogP contribution >= 0.6 is 0 Å². The number of ketones is 1. The number of benzene rings is 3. The molecule has 0 saturated carbocycles. The van der Waals surface area contributed by atoms with E-state index in [1.807, 2.05) is 24.3 Å². The van der Waals surface area contributed by atoms with E-state index in [1.54, 1.807) is 25.1 Å². The first-order valence-corrected chi connectivity index (χ1v) is 9.61. The lowest BCUT2D eigenvalue weighted by Crippen LogP contribution is -2.11. The summed E-state index contributed by atoms with van der Waals surface area (Å²) in [7, 11) is 0. The van der Waals surface area contributed by atoms with Crippen LogP contribution in [0.25, 0.3) is 6.08 Å². The molecule has 0 radical (unpaired) electrons. The highest BCUT2D eigenvalue weighted by Crippen LogP contribution is 2.39. The molecule has 0 unspecified atom stereocenters. The fraction of sp³-hybridized carbons (Fsp3) is 0.120. The summed E-state index contributed by atoms with van der Waals surface area (Å²) in [5.74, 6) is -0.951. The van der Waals surface area contributed by atoms with Gasteiger partial charge in [-0.3, -0.25) is 4.79 Å². The normalized spacial score (nSPS) is 13.8. The van der Waals surface area contributed by atoms with E-state index in [2.05, 4.69) is 6.92 Å². The van der Waals surface area contributed by atoms with Crippen molar-refractivity contribution in [3.05, 3.63) is 100 Å². The lowest BCUT2D eigenvalue weighted by molar-refractivity contribution is 0.0728. The van der Waals surface area contributed by atoms with Gasteiger partial charge in [0.15, 0.2) is 5.76 Å². The lowest BCUT2D eigenvalue weighted by atomic mass is 10.0. The van der Waals surface area contributed by atoms with Gasteiger partial charge in [-0.1, -0.05) is 43.3 Å². The van der Waals surface area contributed by atoms with E-state index in [-0.39, 0.29) is 22.9 Å². The zero-order chi connectivity index (χ0) is 21.3. The van der Waals surface area contributed by atoms with Crippen LogP contribution in [0.1, 0.15) is 44.3 Å². The van der Waals surface area contributed by atoms with Gasteiger partial charge >= 0.3 is 5.97 Å². The van der Waals surface area contributed by atoms with Crippen LogP contribution in [-0.4, -0.2) is 11.8 Å². The van der Waals surface area contributed by atoms with Crippen molar-refractivity contribution in [1.29, 1.82) is 0 Å². The van der Waals surface area contributed by atoms with E-state index < -0.39 is 11.8 Å². The third-order valence-corrected chi connectivity index (χ3v) is 5.02. The Morgan fingerprint density at radius 3 is 2.50 bits per heavy atom. The first-order chi connectivity index (χ1) is 14.5. The molecule has 0 spiro atoms. The van der Waals surface area contributed by atoms with Gasteiger partial charge in [-0.2, -0.15) is 0 Å². The van der Waals surface area contributed by atoms with Crippen molar-refractivity contribution in [1.82, 2.24) is 0 Å². The highest BCUT2D eigenvalue weighted by Gasteiger charge is 2.30. The van der Waals surface area contributed by atoms with Crippen LogP contribution in [0.4, 0.5) is 4.39 Å². The van der Waals surface area contributed by atoms with Crippen LogP contribution in [0.15, 0.2) is 66.4 Å². The van der Waals surface area contributed by atoms with Crippen LogP contribution in [0, 0.1) is 12.7 Å². The minimum atomic E-state index is -0.813. The molecule has 30 heavy (non-hydrogen) atoms. The predicted octanol–water partition coefficient (Wildman–Crippen LogP) is 5.53. The molecule has 0 fully saturated rings. The molecule has 3 aromatic rings. The minimum Gasteiger partial charge on any atom is -0.452 e. The Kier molecular flexibility index (Phi) is 5.19.